The molecular weight excluding hydrogens is 640 g/mol. The van der Waals surface area contributed by atoms with E-state index in [0.29, 0.717) is 70.9 Å². The van der Waals surface area contributed by atoms with Gasteiger partial charge in [0.05, 0.1) is 36.9 Å². The third kappa shape index (κ3) is 5.88. The number of fused-ring (bicyclic) bond motifs is 2. The van der Waals surface area contributed by atoms with Crippen molar-refractivity contribution in [3.8, 4) is 23.1 Å². The quantitative estimate of drug-likeness (QED) is 0.195. The largest absolute Gasteiger partial charge is 0.490 e. The van der Waals surface area contributed by atoms with Crippen LogP contribution >= 0.6 is 27.5 Å². The lowest BCUT2D eigenvalue weighted by atomic mass is 10.2. The number of aromatic nitrogens is 2. The minimum Gasteiger partial charge on any atom is -0.490 e. The van der Waals surface area contributed by atoms with E-state index in [4.69, 9.17) is 35.2 Å². The summed E-state index contributed by atoms with van der Waals surface area (Å²) in [7, 11) is 0. The second-order valence-corrected chi connectivity index (χ2v) is 10.8. The maximum Gasteiger partial charge on any atom is 0.282 e. The van der Waals surface area contributed by atoms with E-state index in [0.717, 1.165) is 5.39 Å². The summed E-state index contributed by atoms with van der Waals surface area (Å²) in [5, 5.41) is 6.01. The standard InChI is InChI=1S/C31H26BrClN4O6/c1-2-41-24-16-20(27(32)28(33)29(24)42-18-26(38)36-11-13-40-14-12-36)17-34-37-30(25-15-19-7-3-6-10-23(19)43-25)35-22-9-5-4-8-21(22)31(37)39/h3-10,15-17H,2,11-14,18H2,1H3. The molecule has 10 nitrogen and oxygen atoms in total. The number of hydrogen-bond acceptors (Lipinski definition) is 8. The number of ether oxygens (including phenoxy) is 3. The van der Waals surface area contributed by atoms with Crippen molar-refractivity contribution < 1.29 is 23.4 Å². The first kappa shape index (κ1) is 28.9. The van der Waals surface area contributed by atoms with Crippen LogP contribution in [0.5, 0.6) is 11.5 Å². The highest BCUT2D eigenvalue weighted by Gasteiger charge is 2.22. The fourth-order valence-corrected chi connectivity index (χ4v) is 5.39. The lowest BCUT2D eigenvalue weighted by Gasteiger charge is -2.27. The molecule has 220 valence electrons. The molecule has 6 rings (SSSR count). The van der Waals surface area contributed by atoms with Crippen LogP contribution < -0.4 is 15.0 Å². The SMILES string of the molecule is CCOc1cc(C=Nn2c(-c3cc4ccccc4o3)nc3ccccc3c2=O)c(Br)c(Cl)c1OCC(=O)N1CCOCC1. The average molecular weight is 666 g/mol. The molecule has 0 bridgehead atoms. The Morgan fingerprint density at radius 3 is 2.67 bits per heavy atom. The van der Waals surface area contributed by atoms with E-state index < -0.39 is 0 Å². The maximum absolute atomic E-state index is 13.7. The van der Waals surface area contributed by atoms with Crippen LogP contribution in [0.25, 0.3) is 33.5 Å². The molecule has 43 heavy (non-hydrogen) atoms. The van der Waals surface area contributed by atoms with Gasteiger partial charge in [-0.3, -0.25) is 9.59 Å². The molecule has 2 aromatic heterocycles. The molecule has 12 heteroatoms. The van der Waals surface area contributed by atoms with Gasteiger partial charge in [-0.25, -0.2) is 4.98 Å². The molecule has 0 radical (unpaired) electrons. The van der Waals surface area contributed by atoms with E-state index in [2.05, 4.69) is 21.0 Å². The minimum absolute atomic E-state index is 0.176. The van der Waals surface area contributed by atoms with Gasteiger partial charge in [-0.1, -0.05) is 41.9 Å². The number of amides is 1. The number of furan rings is 1. The summed E-state index contributed by atoms with van der Waals surface area (Å²) < 4.78 is 24.7. The summed E-state index contributed by atoms with van der Waals surface area (Å²) in [5.41, 5.74) is 1.32. The fourth-order valence-electron chi connectivity index (χ4n) is 4.74. The zero-order valence-electron chi connectivity index (χ0n) is 23.1. The number of rotatable bonds is 8. The van der Waals surface area contributed by atoms with Crippen LogP contribution in [0.4, 0.5) is 0 Å². The average Bonchev–Trinajstić information content (AvgIpc) is 3.47. The molecule has 0 saturated carbocycles. The highest BCUT2D eigenvalue weighted by atomic mass is 79.9. The third-order valence-electron chi connectivity index (χ3n) is 6.87. The van der Waals surface area contributed by atoms with E-state index in [1.54, 1.807) is 29.2 Å². The van der Waals surface area contributed by atoms with Gasteiger partial charge < -0.3 is 23.5 Å². The predicted octanol–water partition coefficient (Wildman–Crippen LogP) is 5.74. The van der Waals surface area contributed by atoms with Crippen LogP contribution in [0, 0.1) is 0 Å². The molecule has 1 aliphatic heterocycles. The molecule has 1 fully saturated rings. The Balaban J connectivity index is 1.38. The van der Waals surface area contributed by atoms with E-state index in [1.807, 2.05) is 43.3 Å². The Morgan fingerprint density at radius 1 is 1.12 bits per heavy atom. The first-order chi connectivity index (χ1) is 20.9. The van der Waals surface area contributed by atoms with Crippen molar-refractivity contribution in [3.05, 3.63) is 86.1 Å². The Hall–Kier alpha value is -4.19. The molecule has 0 N–H and O–H groups in total. The van der Waals surface area contributed by atoms with Gasteiger partial charge in [0.15, 0.2) is 23.9 Å². The maximum atomic E-state index is 13.7. The number of nitrogens with zero attached hydrogens (tertiary/aromatic N) is 4. The molecular formula is C31H26BrClN4O6. The summed E-state index contributed by atoms with van der Waals surface area (Å²) >= 11 is 10.2. The normalized spacial score (nSPS) is 13.7. The molecule has 3 heterocycles. The lowest BCUT2D eigenvalue weighted by molar-refractivity contribution is -0.137. The lowest BCUT2D eigenvalue weighted by Crippen LogP contribution is -2.43. The predicted molar refractivity (Wildman–Crippen MR) is 167 cm³/mol. The Morgan fingerprint density at radius 2 is 1.88 bits per heavy atom. The first-order valence-corrected chi connectivity index (χ1v) is 14.8. The number of morpholine rings is 1. The Bertz CT molecular complexity index is 1880. The van der Waals surface area contributed by atoms with E-state index >= 15 is 0 Å². The van der Waals surface area contributed by atoms with Gasteiger partial charge >= 0.3 is 0 Å². The summed E-state index contributed by atoms with van der Waals surface area (Å²) in [5.74, 6) is 1.01. The first-order valence-electron chi connectivity index (χ1n) is 13.6. The number of halogens is 2. The topological polar surface area (TPSA) is 108 Å². The minimum atomic E-state index is -0.369. The van der Waals surface area contributed by atoms with Gasteiger partial charge in [-0.15, -0.1) is 0 Å². The number of benzene rings is 3. The smallest absolute Gasteiger partial charge is 0.282 e. The summed E-state index contributed by atoms with van der Waals surface area (Å²) in [6.45, 7) is 3.94. The van der Waals surface area contributed by atoms with Gasteiger partial charge in [0.1, 0.15) is 10.6 Å². The van der Waals surface area contributed by atoms with Crippen molar-refractivity contribution in [2.24, 2.45) is 5.10 Å². The van der Waals surface area contributed by atoms with Crippen LogP contribution in [0.2, 0.25) is 5.02 Å². The van der Waals surface area contributed by atoms with Gasteiger partial charge in [-0.2, -0.15) is 9.78 Å². The number of hydrogen-bond donors (Lipinski definition) is 0. The Labute approximate surface area is 259 Å². The summed E-state index contributed by atoms with van der Waals surface area (Å²) in [6, 6.07) is 18.1. The fraction of sp³-hybridized carbons (Fsp3) is 0.226. The van der Waals surface area contributed by atoms with E-state index in [9.17, 15) is 9.59 Å². The molecule has 1 amide bonds. The van der Waals surface area contributed by atoms with Crippen molar-refractivity contribution in [1.29, 1.82) is 0 Å². The van der Waals surface area contributed by atoms with Crippen LogP contribution in [-0.2, 0) is 9.53 Å². The zero-order chi connectivity index (χ0) is 29.9. The second kappa shape index (κ2) is 12.6. The van der Waals surface area contributed by atoms with Crippen molar-refractivity contribution >= 4 is 61.5 Å². The second-order valence-electron chi connectivity index (χ2n) is 9.60. The van der Waals surface area contributed by atoms with Crippen LogP contribution in [0.15, 0.2) is 79.4 Å². The summed E-state index contributed by atoms with van der Waals surface area (Å²) in [6.07, 6.45) is 1.48. The molecule has 3 aromatic carbocycles. The highest BCUT2D eigenvalue weighted by molar-refractivity contribution is 9.10. The molecule has 0 unspecified atom stereocenters. The van der Waals surface area contributed by atoms with Gasteiger partial charge in [0, 0.05) is 28.5 Å². The van der Waals surface area contributed by atoms with Crippen molar-refractivity contribution in [2.75, 3.05) is 39.5 Å². The Kier molecular flexibility index (Phi) is 8.46. The van der Waals surface area contributed by atoms with Crippen LogP contribution in [-0.4, -0.2) is 66.2 Å². The number of carbonyl (C=O) groups is 1. The zero-order valence-corrected chi connectivity index (χ0v) is 25.4. The van der Waals surface area contributed by atoms with Gasteiger partial charge in [0.2, 0.25) is 5.82 Å². The molecule has 1 saturated heterocycles. The number of carbonyl (C=O) groups excluding carboxylic acids is 1. The third-order valence-corrected chi connectivity index (χ3v) is 8.31. The van der Waals surface area contributed by atoms with Crippen LogP contribution in [0.1, 0.15) is 12.5 Å². The summed E-state index contributed by atoms with van der Waals surface area (Å²) in [4.78, 5) is 32.7. The molecule has 5 aromatic rings. The van der Waals surface area contributed by atoms with Crippen molar-refractivity contribution in [3.63, 3.8) is 0 Å². The molecule has 0 spiro atoms. The molecule has 0 aliphatic carbocycles. The van der Waals surface area contributed by atoms with Crippen molar-refractivity contribution in [1.82, 2.24) is 14.6 Å². The van der Waals surface area contributed by atoms with Gasteiger partial charge in [-0.05, 0) is 53.2 Å². The molecule has 0 atom stereocenters. The monoisotopic (exact) mass is 664 g/mol. The van der Waals surface area contributed by atoms with Crippen molar-refractivity contribution in [2.45, 2.75) is 6.92 Å². The van der Waals surface area contributed by atoms with E-state index in [-0.39, 0.29) is 34.7 Å². The molecule has 1 aliphatic rings. The van der Waals surface area contributed by atoms with E-state index in [1.165, 1.54) is 10.9 Å². The van der Waals surface area contributed by atoms with Crippen LogP contribution in [0.3, 0.4) is 0 Å². The number of para-hydroxylation sites is 2. The van der Waals surface area contributed by atoms with Gasteiger partial charge in [0.25, 0.3) is 11.5 Å². The highest BCUT2D eigenvalue weighted by Crippen LogP contribution is 2.42.